The molecule has 0 fully saturated rings. The molecule has 1 rings (SSSR count). The molecule has 0 aliphatic heterocycles. The highest BCUT2D eigenvalue weighted by atomic mass is 35.5. The van der Waals surface area contributed by atoms with Crippen LogP contribution in [-0.4, -0.2) is 21.1 Å². The number of halogens is 1. The van der Waals surface area contributed by atoms with Crippen molar-refractivity contribution < 1.29 is 19.6 Å². The second kappa shape index (κ2) is 4.36. The van der Waals surface area contributed by atoms with Crippen molar-refractivity contribution in [3.8, 4) is 5.75 Å². The molecule has 6 nitrogen and oxygen atoms in total. The molecule has 0 radical (unpaired) electrons. The molecule has 1 unspecified atom stereocenters. The van der Waals surface area contributed by atoms with Crippen LogP contribution in [0.25, 0.3) is 0 Å². The van der Waals surface area contributed by atoms with Crippen LogP contribution in [0, 0.1) is 10.1 Å². The van der Waals surface area contributed by atoms with Gasteiger partial charge in [-0.3, -0.25) is 10.1 Å². The quantitative estimate of drug-likeness (QED) is 0.498. The molecule has 1 atom stereocenters. The van der Waals surface area contributed by atoms with E-state index in [0.29, 0.717) is 0 Å². The van der Waals surface area contributed by atoms with Crippen LogP contribution in [0.3, 0.4) is 0 Å². The van der Waals surface area contributed by atoms with Gasteiger partial charge in [-0.25, -0.2) is 4.79 Å². The van der Waals surface area contributed by atoms with Crippen molar-refractivity contribution in [1.82, 2.24) is 0 Å². The van der Waals surface area contributed by atoms with Crippen LogP contribution in [0.5, 0.6) is 5.75 Å². The zero-order valence-electron chi connectivity index (χ0n) is 8.21. The molecule has 0 spiro atoms. The van der Waals surface area contributed by atoms with Gasteiger partial charge in [-0.15, -0.1) is 0 Å². The van der Waals surface area contributed by atoms with Gasteiger partial charge in [0.25, 0.3) is 10.7 Å². The summed E-state index contributed by atoms with van der Waals surface area (Å²) >= 11 is 5.55. The summed E-state index contributed by atoms with van der Waals surface area (Å²) in [6, 6.07) is 4.96. The highest BCUT2D eigenvalue weighted by molar-refractivity contribution is 6.32. The number of rotatable bonds is 4. The molecule has 0 bridgehead atoms. The van der Waals surface area contributed by atoms with E-state index in [1.807, 2.05) is 0 Å². The zero-order chi connectivity index (χ0) is 12.3. The van der Waals surface area contributed by atoms with Gasteiger partial charge < -0.3 is 9.84 Å². The van der Waals surface area contributed by atoms with Gasteiger partial charge in [0.2, 0.25) is 0 Å². The number of benzene rings is 1. The van der Waals surface area contributed by atoms with E-state index in [0.717, 1.165) is 6.92 Å². The monoisotopic (exact) mass is 245 g/mol. The number of alkyl halides is 1. The molecule has 0 saturated heterocycles. The Labute approximate surface area is 95.6 Å². The molecule has 1 aromatic rings. The first-order valence-corrected chi connectivity index (χ1v) is 4.56. The molecule has 1 aromatic carbocycles. The minimum absolute atomic E-state index is 0.112. The molecular formula is C9H8ClNO5. The summed E-state index contributed by atoms with van der Waals surface area (Å²) in [4.78, 5) is 20.4. The van der Waals surface area contributed by atoms with Crippen molar-refractivity contribution in [3.05, 3.63) is 34.4 Å². The minimum Gasteiger partial charge on any atom is -0.477 e. The lowest BCUT2D eigenvalue weighted by atomic mass is 10.3. The van der Waals surface area contributed by atoms with Crippen molar-refractivity contribution >= 4 is 23.3 Å². The second-order valence-electron chi connectivity index (χ2n) is 3.08. The van der Waals surface area contributed by atoms with Gasteiger partial charge in [0.05, 0.1) is 4.92 Å². The van der Waals surface area contributed by atoms with E-state index < -0.39 is 16.0 Å². The Morgan fingerprint density at radius 3 is 2.38 bits per heavy atom. The maximum Gasteiger partial charge on any atom is 0.363 e. The molecule has 0 aliphatic carbocycles. The standard InChI is InChI=1S/C9H8ClNO5/c1-9(10,8(12)13)16-7-4-2-6(3-5-7)11(14)15/h2-5H,1H3,(H,12,13). The number of hydrogen-bond donors (Lipinski definition) is 1. The smallest absolute Gasteiger partial charge is 0.363 e. The number of carboxylic acid groups (broad SMARTS) is 1. The maximum absolute atomic E-state index is 10.6. The van der Waals surface area contributed by atoms with E-state index in [1.54, 1.807) is 0 Å². The first kappa shape index (κ1) is 12.3. The predicted octanol–water partition coefficient (Wildman–Crippen LogP) is 2.01. The molecule has 16 heavy (non-hydrogen) atoms. The van der Waals surface area contributed by atoms with Gasteiger partial charge in [0.1, 0.15) is 5.75 Å². The number of nitro benzene ring substituents is 1. The summed E-state index contributed by atoms with van der Waals surface area (Å²) in [5, 5.41) is 17.1. The molecule has 7 heteroatoms. The van der Waals surface area contributed by atoms with Crippen molar-refractivity contribution in [2.45, 2.75) is 12.0 Å². The highest BCUT2D eigenvalue weighted by Gasteiger charge is 2.32. The first-order valence-electron chi connectivity index (χ1n) is 4.19. The Balaban J connectivity index is 2.84. The number of non-ortho nitro benzene ring substituents is 1. The Morgan fingerprint density at radius 1 is 1.50 bits per heavy atom. The SMILES string of the molecule is CC(Cl)(Oc1ccc([N+](=O)[O-])cc1)C(=O)O. The van der Waals surface area contributed by atoms with E-state index in [1.165, 1.54) is 24.3 Å². The lowest BCUT2D eigenvalue weighted by molar-refractivity contribution is -0.384. The van der Waals surface area contributed by atoms with Gasteiger partial charge in [-0.05, 0) is 12.1 Å². The van der Waals surface area contributed by atoms with Crippen molar-refractivity contribution in [2.24, 2.45) is 0 Å². The van der Waals surface area contributed by atoms with Gasteiger partial charge in [0.15, 0.2) is 0 Å². The van der Waals surface area contributed by atoms with Crippen molar-refractivity contribution in [3.63, 3.8) is 0 Å². The van der Waals surface area contributed by atoms with E-state index in [2.05, 4.69) is 0 Å². The van der Waals surface area contributed by atoms with Gasteiger partial charge in [0, 0.05) is 19.1 Å². The van der Waals surface area contributed by atoms with Crippen molar-refractivity contribution in [2.75, 3.05) is 0 Å². The predicted molar refractivity (Wildman–Crippen MR) is 55.6 cm³/mol. The van der Waals surface area contributed by atoms with Gasteiger partial charge >= 0.3 is 5.97 Å². The summed E-state index contributed by atoms with van der Waals surface area (Å²) < 4.78 is 4.94. The largest absolute Gasteiger partial charge is 0.477 e. The van der Waals surface area contributed by atoms with E-state index in [-0.39, 0.29) is 11.4 Å². The van der Waals surface area contributed by atoms with Crippen LogP contribution in [0.15, 0.2) is 24.3 Å². The summed E-state index contributed by atoms with van der Waals surface area (Å²) in [5.41, 5.74) is -0.112. The molecule has 0 amide bonds. The normalized spacial score (nSPS) is 13.9. The maximum atomic E-state index is 10.6. The zero-order valence-corrected chi connectivity index (χ0v) is 8.97. The first-order chi connectivity index (χ1) is 7.33. The average Bonchev–Trinajstić information content (AvgIpc) is 2.17. The van der Waals surface area contributed by atoms with Crippen LogP contribution in [0.1, 0.15) is 6.92 Å². The lowest BCUT2D eigenvalue weighted by Crippen LogP contribution is -2.35. The number of ether oxygens (including phenoxy) is 1. The average molecular weight is 246 g/mol. The fraction of sp³-hybridized carbons (Fsp3) is 0.222. The minimum atomic E-state index is -1.89. The molecule has 86 valence electrons. The molecule has 1 N–H and O–H groups in total. The number of nitro groups is 1. The Bertz CT molecular complexity index is 414. The third-order valence-electron chi connectivity index (χ3n) is 1.74. The lowest BCUT2D eigenvalue weighted by Gasteiger charge is -2.18. The summed E-state index contributed by atoms with van der Waals surface area (Å²) in [6.45, 7) is 1.16. The van der Waals surface area contributed by atoms with Crippen LogP contribution in [0.4, 0.5) is 5.69 Å². The Kier molecular flexibility index (Phi) is 3.34. The van der Waals surface area contributed by atoms with E-state index in [4.69, 9.17) is 21.4 Å². The van der Waals surface area contributed by atoms with Crippen LogP contribution in [0.2, 0.25) is 0 Å². The molecule has 0 saturated carbocycles. The second-order valence-corrected chi connectivity index (χ2v) is 3.80. The molecule has 0 heterocycles. The summed E-state index contributed by atoms with van der Waals surface area (Å²) in [7, 11) is 0. The number of hydrogen-bond acceptors (Lipinski definition) is 4. The van der Waals surface area contributed by atoms with Crippen LogP contribution < -0.4 is 4.74 Å². The Hall–Kier alpha value is -1.82. The number of nitrogens with zero attached hydrogens (tertiary/aromatic N) is 1. The van der Waals surface area contributed by atoms with E-state index in [9.17, 15) is 14.9 Å². The van der Waals surface area contributed by atoms with Gasteiger partial charge in [-0.2, -0.15) is 0 Å². The number of aliphatic carboxylic acids is 1. The number of carbonyl (C=O) groups is 1. The molecular weight excluding hydrogens is 238 g/mol. The van der Waals surface area contributed by atoms with Gasteiger partial charge in [-0.1, -0.05) is 11.6 Å². The molecule has 0 aromatic heterocycles. The third-order valence-corrected chi connectivity index (χ3v) is 1.98. The molecule has 0 aliphatic rings. The summed E-state index contributed by atoms with van der Waals surface area (Å²) in [6.07, 6.45) is 0. The van der Waals surface area contributed by atoms with Crippen LogP contribution >= 0.6 is 11.6 Å². The fourth-order valence-corrected chi connectivity index (χ4v) is 0.990. The fourth-order valence-electron chi connectivity index (χ4n) is 0.901. The van der Waals surface area contributed by atoms with E-state index >= 15 is 0 Å². The highest BCUT2D eigenvalue weighted by Crippen LogP contribution is 2.24. The Morgan fingerprint density at radius 2 is 2.00 bits per heavy atom. The topological polar surface area (TPSA) is 89.7 Å². The summed E-state index contributed by atoms with van der Waals surface area (Å²) in [5.74, 6) is -1.20. The van der Waals surface area contributed by atoms with Crippen molar-refractivity contribution in [1.29, 1.82) is 0 Å². The number of carboxylic acids is 1. The third kappa shape index (κ3) is 2.83. The van der Waals surface area contributed by atoms with Crippen LogP contribution in [-0.2, 0) is 4.79 Å².